The Morgan fingerprint density at radius 3 is 2.75 bits per heavy atom. The van der Waals surface area contributed by atoms with Gasteiger partial charge in [-0.3, -0.25) is 4.90 Å². The van der Waals surface area contributed by atoms with Crippen LogP contribution in [-0.4, -0.2) is 38.2 Å². The lowest BCUT2D eigenvalue weighted by molar-refractivity contribution is 0.194. The van der Waals surface area contributed by atoms with Crippen LogP contribution in [0.5, 0.6) is 5.75 Å². The first kappa shape index (κ1) is 17.0. The Morgan fingerprint density at radius 1 is 1.30 bits per heavy atom. The molecule has 0 bridgehead atoms. The Morgan fingerprint density at radius 2 is 2.10 bits per heavy atom. The molecule has 0 aliphatic rings. The predicted molar refractivity (Wildman–Crippen MR) is 86.3 cm³/mol. The summed E-state index contributed by atoms with van der Waals surface area (Å²) in [6.45, 7) is 11.7. The first-order valence-electron chi connectivity index (χ1n) is 7.78. The van der Waals surface area contributed by atoms with Gasteiger partial charge in [0.1, 0.15) is 12.4 Å². The Labute approximate surface area is 124 Å². The van der Waals surface area contributed by atoms with Crippen molar-refractivity contribution in [3.8, 4) is 5.75 Å². The van der Waals surface area contributed by atoms with E-state index in [9.17, 15) is 0 Å². The van der Waals surface area contributed by atoms with Crippen LogP contribution in [0.25, 0.3) is 0 Å². The van der Waals surface area contributed by atoms with E-state index in [4.69, 9.17) is 4.74 Å². The van der Waals surface area contributed by atoms with E-state index in [0.717, 1.165) is 44.5 Å². The zero-order chi connectivity index (χ0) is 14.8. The second-order valence-corrected chi connectivity index (χ2v) is 5.43. The van der Waals surface area contributed by atoms with Gasteiger partial charge in [0.2, 0.25) is 0 Å². The number of hydrogen-bond acceptors (Lipinski definition) is 3. The highest BCUT2D eigenvalue weighted by Crippen LogP contribution is 2.13. The van der Waals surface area contributed by atoms with Crippen molar-refractivity contribution in [3.05, 3.63) is 29.8 Å². The fourth-order valence-corrected chi connectivity index (χ4v) is 2.19. The fraction of sp³-hybridized carbons (Fsp3) is 0.647. The highest BCUT2D eigenvalue weighted by molar-refractivity contribution is 5.28. The normalized spacial score (nSPS) is 12.7. The lowest BCUT2D eigenvalue weighted by atomic mass is 10.1. The molecule has 0 saturated carbocycles. The van der Waals surface area contributed by atoms with E-state index >= 15 is 0 Å². The number of likely N-dealkylation sites (N-methyl/N-ethyl adjacent to an activating group) is 1. The third-order valence-electron chi connectivity index (χ3n) is 3.67. The summed E-state index contributed by atoms with van der Waals surface area (Å²) in [6, 6.07) is 8.31. The highest BCUT2D eigenvalue weighted by Gasteiger charge is 2.07. The monoisotopic (exact) mass is 278 g/mol. The molecule has 20 heavy (non-hydrogen) atoms. The van der Waals surface area contributed by atoms with Crippen LogP contribution in [0.15, 0.2) is 24.3 Å². The van der Waals surface area contributed by atoms with Crippen molar-refractivity contribution in [2.24, 2.45) is 5.92 Å². The third kappa shape index (κ3) is 6.40. The second kappa shape index (κ2) is 9.78. The van der Waals surface area contributed by atoms with Crippen LogP contribution >= 0.6 is 0 Å². The van der Waals surface area contributed by atoms with Gasteiger partial charge in [-0.05, 0) is 37.2 Å². The summed E-state index contributed by atoms with van der Waals surface area (Å²) in [5.74, 6) is 1.73. The quantitative estimate of drug-likeness (QED) is 0.711. The molecule has 0 aliphatic carbocycles. The number of nitrogens with zero attached hydrogens (tertiary/aromatic N) is 1. The minimum atomic E-state index is 0.757. The molecule has 3 heteroatoms. The van der Waals surface area contributed by atoms with Crippen molar-refractivity contribution in [2.45, 2.75) is 33.7 Å². The van der Waals surface area contributed by atoms with Crippen molar-refractivity contribution in [1.82, 2.24) is 10.2 Å². The van der Waals surface area contributed by atoms with Gasteiger partial charge in [0.15, 0.2) is 0 Å². The predicted octanol–water partition coefficient (Wildman–Crippen LogP) is 3.15. The smallest absolute Gasteiger partial charge is 0.119 e. The maximum absolute atomic E-state index is 5.87. The van der Waals surface area contributed by atoms with E-state index in [2.05, 4.69) is 49.2 Å². The van der Waals surface area contributed by atoms with E-state index in [1.54, 1.807) is 0 Å². The van der Waals surface area contributed by atoms with Gasteiger partial charge in [0.25, 0.3) is 0 Å². The van der Waals surface area contributed by atoms with Gasteiger partial charge < -0.3 is 10.1 Å². The summed E-state index contributed by atoms with van der Waals surface area (Å²) in [6.07, 6.45) is 1.24. The number of benzene rings is 1. The number of rotatable bonds is 10. The molecular formula is C17H30N2O. The molecule has 0 radical (unpaired) electrons. The summed E-state index contributed by atoms with van der Waals surface area (Å²) in [5, 5.41) is 3.16. The molecule has 0 amide bonds. The zero-order valence-corrected chi connectivity index (χ0v) is 13.5. The molecule has 0 heterocycles. The van der Waals surface area contributed by atoms with Gasteiger partial charge in [0.05, 0.1) is 0 Å². The van der Waals surface area contributed by atoms with Crippen molar-refractivity contribution >= 4 is 0 Å². The largest absolute Gasteiger partial charge is 0.492 e. The molecule has 0 aromatic heterocycles. The lowest BCUT2D eigenvalue weighted by Crippen LogP contribution is -2.32. The molecule has 1 rings (SSSR count). The maximum atomic E-state index is 5.87. The summed E-state index contributed by atoms with van der Waals surface area (Å²) >= 11 is 0. The highest BCUT2D eigenvalue weighted by atomic mass is 16.5. The second-order valence-electron chi connectivity index (χ2n) is 5.43. The summed E-state index contributed by atoms with van der Waals surface area (Å²) in [5.41, 5.74) is 1.26. The first-order chi connectivity index (χ1) is 9.69. The minimum absolute atomic E-state index is 0.757. The Kier molecular flexibility index (Phi) is 8.31. The first-order valence-corrected chi connectivity index (χ1v) is 7.78. The van der Waals surface area contributed by atoms with Crippen LogP contribution in [0.1, 0.15) is 32.8 Å². The summed E-state index contributed by atoms with van der Waals surface area (Å²) in [7, 11) is 1.96. The topological polar surface area (TPSA) is 24.5 Å². The van der Waals surface area contributed by atoms with Gasteiger partial charge in [-0.2, -0.15) is 0 Å². The van der Waals surface area contributed by atoms with Crippen molar-refractivity contribution in [3.63, 3.8) is 0 Å². The third-order valence-corrected chi connectivity index (χ3v) is 3.67. The van der Waals surface area contributed by atoms with E-state index in [1.165, 1.54) is 12.0 Å². The molecule has 0 spiro atoms. The SMILES string of the molecule is CCC(C)CN(CC)CCOc1cccc(CNC)c1. The van der Waals surface area contributed by atoms with Crippen LogP contribution in [0.3, 0.4) is 0 Å². The van der Waals surface area contributed by atoms with E-state index in [0.29, 0.717) is 0 Å². The molecule has 1 atom stereocenters. The molecular weight excluding hydrogens is 248 g/mol. The fourth-order valence-electron chi connectivity index (χ4n) is 2.19. The van der Waals surface area contributed by atoms with Crippen LogP contribution in [0.2, 0.25) is 0 Å². The molecule has 3 nitrogen and oxygen atoms in total. The average molecular weight is 278 g/mol. The van der Waals surface area contributed by atoms with Crippen molar-refractivity contribution < 1.29 is 4.74 Å². The maximum Gasteiger partial charge on any atom is 0.119 e. The number of hydrogen-bond donors (Lipinski definition) is 1. The Hall–Kier alpha value is -1.06. The van der Waals surface area contributed by atoms with E-state index < -0.39 is 0 Å². The number of nitrogens with one attached hydrogen (secondary N) is 1. The van der Waals surface area contributed by atoms with Gasteiger partial charge in [-0.15, -0.1) is 0 Å². The molecule has 1 N–H and O–H groups in total. The van der Waals surface area contributed by atoms with Crippen molar-refractivity contribution in [2.75, 3.05) is 33.3 Å². The Balaban J connectivity index is 2.36. The standard InChI is InChI=1S/C17H30N2O/c1-5-15(3)14-19(6-2)10-11-20-17-9-7-8-16(12-17)13-18-4/h7-9,12,15,18H,5-6,10-11,13-14H2,1-4H3. The molecule has 114 valence electrons. The lowest BCUT2D eigenvalue weighted by Gasteiger charge is -2.23. The van der Waals surface area contributed by atoms with Crippen LogP contribution in [0, 0.1) is 5.92 Å². The molecule has 0 aliphatic heterocycles. The molecule has 1 aromatic carbocycles. The van der Waals surface area contributed by atoms with Gasteiger partial charge >= 0.3 is 0 Å². The summed E-state index contributed by atoms with van der Waals surface area (Å²) in [4.78, 5) is 2.46. The molecule has 1 aromatic rings. The van der Waals surface area contributed by atoms with Gasteiger partial charge in [-0.25, -0.2) is 0 Å². The van der Waals surface area contributed by atoms with E-state index in [1.807, 2.05) is 13.1 Å². The molecule has 0 saturated heterocycles. The summed E-state index contributed by atoms with van der Waals surface area (Å²) < 4.78 is 5.87. The minimum Gasteiger partial charge on any atom is -0.492 e. The average Bonchev–Trinajstić information content (AvgIpc) is 2.46. The van der Waals surface area contributed by atoms with Gasteiger partial charge in [-0.1, -0.05) is 39.3 Å². The van der Waals surface area contributed by atoms with E-state index in [-0.39, 0.29) is 0 Å². The zero-order valence-electron chi connectivity index (χ0n) is 13.5. The Bertz CT molecular complexity index is 368. The van der Waals surface area contributed by atoms with Crippen LogP contribution < -0.4 is 10.1 Å². The van der Waals surface area contributed by atoms with Crippen LogP contribution in [-0.2, 0) is 6.54 Å². The molecule has 0 fully saturated rings. The number of ether oxygens (including phenoxy) is 1. The van der Waals surface area contributed by atoms with Crippen LogP contribution in [0.4, 0.5) is 0 Å². The molecule has 1 unspecified atom stereocenters. The van der Waals surface area contributed by atoms with Crippen molar-refractivity contribution in [1.29, 1.82) is 0 Å². The van der Waals surface area contributed by atoms with Gasteiger partial charge in [0, 0.05) is 19.6 Å².